The van der Waals surface area contributed by atoms with Gasteiger partial charge in [-0.25, -0.2) is 0 Å². The summed E-state index contributed by atoms with van der Waals surface area (Å²) in [5.74, 6) is 2.05. The highest BCUT2D eigenvalue weighted by atomic mass is 79.9. The number of ether oxygens (including phenoxy) is 1. The maximum absolute atomic E-state index is 12.9. The van der Waals surface area contributed by atoms with Crippen LogP contribution in [-0.4, -0.2) is 41.9 Å². The lowest BCUT2D eigenvalue weighted by atomic mass is 10.0. The van der Waals surface area contributed by atoms with Crippen molar-refractivity contribution in [2.24, 2.45) is 0 Å². The van der Waals surface area contributed by atoms with Crippen LogP contribution in [0.1, 0.15) is 11.1 Å². The number of nitrogens with one attached hydrogen (secondary N) is 1. The third kappa shape index (κ3) is 5.00. The molecule has 6 heteroatoms. The second-order valence-electron chi connectivity index (χ2n) is 6.58. The van der Waals surface area contributed by atoms with Gasteiger partial charge in [-0.1, -0.05) is 64.3 Å². The van der Waals surface area contributed by atoms with Crippen LogP contribution in [-0.2, 0) is 27.4 Å². The van der Waals surface area contributed by atoms with E-state index in [1.165, 1.54) is 4.90 Å². The van der Waals surface area contributed by atoms with Gasteiger partial charge in [-0.05, 0) is 23.3 Å². The molecule has 1 N–H and O–H groups in total. The van der Waals surface area contributed by atoms with Gasteiger partial charge < -0.3 is 15.0 Å². The lowest BCUT2D eigenvalue weighted by molar-refractivity contribution is -0.151. The van der Waals surface area contributed by atoms with E-state index in [9.17, 15) is 9.59 Å². The fraction of sp³-hybridized carbons (Fsp3) is 0.273. The number of piperazine rings is 1. The fourth-order valence-corrected chi connectivity index (χ4v) is 3.40. The van der Waals surface area contributed by atoms with Gasteiger partial charge in [0.05, 0.1) is 19.8 Å². The van der Waals surface area contributed by atoms with Gasteiger partial charge in [0.15, 0.2) is 0 Å². The molecule has 0 unspecified atom stereocenters. The van der Waals surface area contributed by atoms with Crippen LogP contribution >= 0.6 is 15.9 Å². The fourth-order valence-electron chi connectivity index (χ4n) is 3.13. The molecule has 1 aliphatic heterocycles. The molecule has 0 bridgehead atoms. The highest BCUT2D eigenvalue weighted by Crippen LogP contribution is 2.17. The Hall–Kier alpha value is -2.62. The van der Waals surface area contributed by atoms with E-state index in [1.54, 1.807) is 0 Å². The zero-order valence-corrected chi connectivity index (χ0v) is 16.9. The summed E-state index contributed by atoms with van der Waals surface area (Å²) in [6.07, 6.45) is 5.86. The highest BCUT2D eigenvalue weighted by molar-refractivity contribution is 9.10. The largest absolute Gasteiger partial charge is 0.374 e. The molecule has 144 valence electrons. The van der Waals surface area contributed by atoms with Gasteiger partial charge in [0.25, 0.3) is 0 Å². The molecule has 1 aliphatic rings. The molecule has 0 saturated carbocycles. The van der Waals surface area contributed by atoms with E-state index in [0.717, 1.165) is 15.6 Å². The number of terminal acetylenes is 1. The highest BCUT2D eigenvalue weighted by Gasteiger charge is 2.40. The molecule has 0 aliphatic carbocycles. The van der Waals surface area contributed by atoms with Gasteiger partial charge in [0, 0.05) is 10.9 Å². The predicted molar refractivity (Wildman–Crippen MR) is 110 cm³/mol. The normalized spacial score (nSPS) is 19.2. The van der Waals surface area contributed by atoms with Crippen molar-refractivity contribution < 1.29 is 14.3 Å². The van der Waals surface area contributed by atoms with Crippen LogP contribution in [0.15, 0.2) is 59.1 Å². The summed E-state index contributed by atoms with van der Waals surface area (Å²) in [6.45, 7) is 0.534. The quantitative estimate of drug-likeness (QED) is 0.672. The zero-order chi connectivity index (χ0) is 19.9. The molecule has 5 nitrogen and oxygen atoms in total. The number of carbonyl (C=O) groups excluding carboxylic acids is 2. The number of halogens is 1. The van der Waals surface area contributed by atoms with Crippen molar-refractivity contribution in [3.63, 3.8) is 0 Å². The summed E-state index contributed by atoms with van der Waals surface area (Å²) < 4.78 is 6.65. The van der Waals surface area contributed by atoms with Crippen LogP contribution in [0, 0.1) is 12.3 Å². The van der Waals surface area contributed by atoms with Crippen LogP contribution in [0.5, 0.6) is 0 Å². The van der Waals surface area contributed by atoms with Crippen LogP contribution in [0.2, 0.25) is 0 Å². The summed E-state index contributed by atoms with van der Waals surface area (Å²) in [4.78, 5) is 27.0. The van der Waals surface area contributed by atoms with Crippen LogP contribution < -0.4 is 5.32 Å². The predicted octanol–water partition coefficient (Wildman–Crippen LogP) is 2.54. The third-order valence-electron chi connectivity index (χ3n) is 4.58. The second kappa shape index (κ2) is 9.54. The van der Waals surface area contributed by atoms with E-state index in [0.29, 0.717) is 13.0 Å². The van der Waals surface area contributed by atoms with E-state index in [4.69, 9.17) is 11.2 Å². The Bertz CT molecular complexity index is 862. The molecule has 28 heavy (non-hydrogen) atoms. The van der Waals surface area contributed by atoms with Crippen LogP contribution in [0.4, 0.5) is 0 Å². The maximum Gasteiger partial charge on any atom is 0.247 e. The summed E-state index contributed by atoms with van der Waals surface area (Å²) in [7, 11) is 0. The SMILES string of the molecule is C#CCN1C(=O)[C@H](Cc2ccc(Br)cc2)NC(=O)[C@@H]1COCc1ccccc1. The Morgan fingerprint density at radius 3 is 2.46 bits per heavy atom. The number of carbonyl (C=O) groups is 2. The summed E-state index contributed by atoms with van der Waals surface area (Å²) in [6, 6.07) is 16.0. The Kier molecular flexibility index (Phi) is 6.85. The van der Waals surface area contributed by atoms with E-state index >= 15 is 0 Å². The van der Waals surface area contributed by atoms with Crippen molar-refractivity contribution in [3.05, 3.63) is 70.2 Å². The standard InChI is InChI=1S/C22H21BrN2O3/c1-2-12-25-20(15-28-14-17-6-4-3-5-7-17)21(26)24-19(22(25)27)13-16-8-10-18(23)11-9-16/h1,3-11,19-20H,12-15H2,(H,24,26)/t19-,20-/m0/s1. The van der Waals surface area contributed by atoms with Crippen molar-refractivity contribution in [1.29, 1.82) is 0 Å². The average molecular weight is 441 g/mol. The first kappa shape index (κ1) is 20.1. The summed E-state index contributed by atoms with van der Waals surface area (Å²) in [5, 5.41) is 2.83. The topological polar surface area (TPSA) is 58.6 Å². The van der Waals surface area contributed by atoms with Crippen molar-refractivity contribution in [2.75, 3.05) is 13.2 Å². The van der Waals surface area contributed by atoms with Gasteiger partial charge >= 0.3 is 0 Å². The maximum atomic E-state index is 12.9. The summed E-state index contributed by atoms with van der Waals surface area (Å²) in [5.41, 5.74) is 1.96. The number of amides is 2. The molecule has 1 saturated heterocycles. The number of rotatable bonds is 7. The molecular formula is C22H21BrN2O3. The van der Waals surface area contributed by atoms with Gasteiger partial charge in [0.2, 0.25) is 11.8 Å². The molecule has 2 atom stereocenters. The lowest BCUT2D eigenvalue weighted by Gasteiger charge is -2.37. The van der Waals surface area contributed by atoms with Crippen molar-refractivity contribution in [3.8, 4) is 12.3 Å². The molecule has 2 amide bonds. The molecule has 1 fully saturated rings. The van der Waals surface area contributed by atoms with E-state index < -0.39 is 12.1 Å². The first-order chi connectivity index (χ1) is 13.6. The van der Waals surface area contributed by atoms with Gasteiger partial charge in [-0.2, -0.15) is 0 Å². The number of nitrogens with zero attached hydrogens (tertiary/aromatic N) is 1. The zero-order valence-electron chi connectivity index (χ0n) is 15.3. The lowest BCUT2D eigenvalue weighted by Crippen LogP contribution is -2.65. The number of benzene rings is 2. The van der Waals surface area contributed by atoms with Gasteiger partial charge in [-0.3, -0.25) is 9.59 Å². The third-order valence-corrected chi connectivity index (χ3v) is 5.11. The molecule has 0 spiro atoms. The minimum Gasteiger partial charge on any atom is -0.374 e. The molecule has 1 heterocycles. The summed E-state index contributed by atoms with van der Waals surface area (Å²) >= 11 is 3.39. The minimum atomic E-state index is -0.728. The molecule has 2 aromatic carbocycles. The van der Waals surface area contributed by atoms with E-state index in [1.807, 2.05) is 54.6 Å². The molecular weight excluding hydrogens is 420 g/mol. The number of hydrogen-bond acceptors (Lipinski definition) is 3. The Morgan fingerprint density at radius 1 is 1.07 bits per heavy atom. The average Bonchev–Trinajstić information content (AvgIpc) is 2.70. The van der Waals surface area contributed by atoms with Crippen molar-refractivity contribution in [2.45, 2.75) is 25.1 Å². The monoisotopic (exact) mass is 440 g/mol. The van der Waals surface area contributed by atoms with Crippen LogP contribution in [0.3, 0.4) is 0 Å². The first-order valence-electron chi connectivity index (χ1n) is 8.99. The molecule has 3 rings (SSSR count). The van der Waals surface area contributed by atoms with E-state index in [2.05, 4.69) is 27.2 Å². The van der Waals surface area contributed by atoms with Crippen molar-refractivity contribution in [1.82, 2.24) is 10.2 Å². The Balaban J connectivity index is 1.65. The minimum absolute atomic E-state index is 0.0719. The Labute approximate surface area is 173 Å². The smallest absolute Gasteiger partial charge is 0.247 e. The Morgan fingerprint density at radius 2 is 1.79 bits per heavy atom. The van der Waals surface area contributed by atoms with Gasteiger partial charge in [-0.15, -0.1) is 6.42 Å². The van der Waals surface area contributed by atoms with Gasteiger partial charge in [0.1, 0.15) is 12.1 Å². The van der Waals surface area contributed by atoms with Crippen LogP contribution in [0.25, 0.3) is 0 Å². The van der Waals surface area contributed by atoms with E-state index in [-0.39, 0.29) is 25.0 Å². The first-order valence-corrected chi connectivity index (χ1v) is 9.78. The molecule has 2 aromatic rings. The molecule has 0 radical (unpaired) electrons. The second-order valence-corrected chi connectivity index (χ2v) is 7.49. The molecule has 0 aromatic heterocycles. The van der Waals surface area contributed by atoms with Crippen molar-refractivity contribution >= 4 is 27.7 Å². The number of hydrogen-bond donors (Lipinski definition) is 1.